The molecule has 1 unspecified atom stereocenters. The predicted molar refractivity (Wildman–Crippen MR) is 36.4 cm³/mol. The molecule has 0 N–H and O–H groups in total. The monoisotopic (exact) mass is 138 g/mol. The Morgan fingerprint density at radius 1 is 1.50 bits per heavy atom. The minimum absolute atomic E-state index is 0.0752. The van der Waals surface area contributed by atoms with E-state index in [4.69, 9.17) is 4.74 Å². The maximum Gasteiger partial charge on any atom is 0.333 e. The van der Waals surface area contributed by atoms with Gasteiger partial charge in [0.2, 0.25) is 0 Å². The van der Waals surface area contributed by atoms with Crippen molar-refractivity contribution >= 4 is 5.97 Å². The molecule has 1 heterocycles. The number of ether oxygens (including phenoxy) is 1. The average Bonchev–Trinajstić information content (AvgIpc) is 2.36. The van der Waals surface area contributed by atoms with Gasteiger partial charge in [0.15, 0.2) is 0 Å². The van der Waals surface area contributed by atoms with Crippen molar-refractivity contribution in [2.24, 2.45) is 5.92 Å². The molecule has 0 amide bonds. The zero-order chi connectivity index (χ0) is 6.97. The van der Waals surface area contributed by atoms with Gasteiger partial charge in [0.05, 0.1) is 6.61 Å². The van der Waals surface area contributed by atoms with Crippen LogP contribution in [0.15, 0.2) is 11.6 Å². The van der Waals surface area contributed by atoms with Crippen LogP contribution in [0.5, 0.6) is 0 Å². The first-order valence-corrected chi connectivity index (χ1v) is 3.75. The van der Waals surface area contributed by atoms with Crippen LogP contribution in [0, 0.1) is 5.92 Å². The van der Waals surface area contributed by atoms with E-state index in [1.807, 2.05) is 6.08 Å². The van der Waals surface area contributed by atoms with Crippen molar-refractivity contribution in [3.8, 4) is 0 Å². The van der Waals surface area contributed by atoms with Gasteiger partial charge < -0.3 is 4.74 Å². The molecule has 0 aromatic heterocycles. The van der Waals surface area contributed by atoms with Gasteiger partial charge in [-0.3, -0.25) is 0 Å². The predicted octanol–water partition coefficient (Wildman–Crippen LogP) is 1.27. The highest BCUT2D eigenvalue weighted by atomic mass is 16.5. The van der Waals surface area contributed by atoms with Crippen LogP contribution in [0.4, 0.5) is 0 Å². The van der Waals surface area contributed by atoms with Gasteiger partial charge in [-0.2, -0.15) is 0 Å². The molecule has 0 bridgehead atoms. The van der Waals surface area contributed by atoms with E-state index in [9.17, 15) is 4.79 Å². The lowest BCUT2D eigenvalue weighted by atomic mass is 9.96. The second kappa shape index (κ2) is 2.11. The summed E-state index contributed by atoms with van der Waals surface area (Å²) in [5.41, 5.74) is 0.936. The molecule has 0 spiro atoms. The maximum absolute atomic E-state index is 11.0. The quantitative estimate of drug-likeness (QED) is 0.471. The zero-order valence-electron chi connectivity index (χ0n) is 5.80. The second-order valence-electron chi connectivity index (χ2n) is 2.86. The standard InChI is InChI=1S/C8H10O2/c9-8-7-3-1-2-6(7)4-5-10-8/h3,6H,1-2,4-5H2. The molecule has 54 valence electrons. The summed E-state index contributed by atoms with van der Waals surface area (Å²) in [7, 11) is 0. The van der Waals surface area contributed by atoms with E-state index in [1.165, 1.54) is 0 Å². The average molecular weight is 138 g/mol. The SMILES string of the molecule is O=C1OCCC2CCC=C12. The fourth-order valence-electron chi connectivity index (χ4n) is 1.69. The third kappa shape index (κ3) is 0.753. The minimum atomic E-state index is -0.0752. The third-order valence-electron chi connectivity index (χ3n) is 2.25. The van der Waals surface area contributed by atoms with Crippen molar-refractivity contribution in [2.45, 2.75) is 19.3 Å². The number of hydrogen-bond acceptors (Lipinski definition) is 2. The number of allylic oxidation sites excluding steroid dienone is 1. The smallest absolute Gasteiger partial charge is 0.333 e. The molecule has 2 aliphatic rings. The highest BCUT2D eigenvalue weighted by Crippen LogP contribution is 2.32. The normalized spacial score (nSPS) is 31.0. The topological polar surface area (TPSA) is 26.3 Å². The molecule has 0 saturated carbocycles. The number of cyclic esters (lactones) is 1. The highest BCUT2D eigenvalue weighted by Gasteiger charge is 2.29. The zero-order valence-corrected chi connectivity index (χ0v) is 5.80. The lowest BCUT2D eigenvalue weighted by Crippen LogP contribution is -2.21. The number of hydrogen-bond donors (Lipinski definition) is 0. The third-order valence-corrected chi connectivity index (χ3v) is 2.25. The summed E-state index contributed by atoms with van der Waals surface area (Å²) >= 11 is 0. The van der Waals surface area contributed by atoms with Gasteiger partial charge in [-0.15, -0.1) is 0 Å². The Morgan fingerprint density at radius 2 is 2.40 bits per heavy atom. The van der Waals surface area contributed by atoms with Gasteiger partial charge in [-0.1, -0.05) is 6.08 Å². The summed E-state index contributed by atoms with van der Waals surface area (Å²) in [5.74, 6) is 0.454. The summed E-state index contributed by atoms with van der Waals surface area (Å²) in [6, 6.07) is 0. The highest BCUT2D eigenvalue weighted by molar-refractivity contribution is 5.90. The molecule has 1 aliphatic carbocycles. The van der Waals surface area contributed by atoms with Crippen LogP contribution < -0.4 is 0 Å². The molecule has 0 aromatic carbocycles. The van der Waals surface area contributed by atoms with Crippen molar-refractivity contribution in [3.05, 3.63) is 11.6 Å². The fourth-order valence-corrected chi connectivity index (χ4v) is 1.69. The summed E-state index contributed by atoms with van der Waals surface area (Å²) in [5, 5.41) is 0. The van der Waals surface area contributed by atoms with Crippen molar-refractivity contribution in [1.29, 1.82) is 0 Å². The number of fused-ring (bicyclic) bond motifs is 1. The second-order valence-corrected chi connectivity index (χ2v) is 2.86. The van der Waals surface area contributed by atoms with E-state index in [0.29, 0.717) is 12.5 Å². The summed E-state index contributed by atoms with van der Waals surface area (Å²) in [6.07, 6.45) is 5.28. The number of carbonyl (C=O) groups is 1. The van der Waals surface area contributed by atoms with Gasteiger partial charge in [0.1, 0.15) is 0 Å². The summed E-state index contributed by atoms with van der Waals surface area (Å²) in [6.45, 7) is 0.626. The lowest BCUT2D eigenvalue weighted by Gasteiger charge is -2.19. The molecular weight excluding hydrogens is 128 g/mol. The van der Waals surface area contributed by atoms with Crippen molar-refractivity contribution in [3.63, 3.8) is 0 Å². The molecule has 0 aromatic rings. The van der Waals surface area contributed by atoms with E-state index < -0.39 is 0 Å². The first-order valence-electron chi connectivity index (χ1n) is 3.75. The number of rotatable bonds is 0. The molecule has 1 saturated heterocycles. The number of carbonyl (C=O) groups excluding carboxylic acids is 1. The Labute approximate surface area is 59.9 Å². The molecule has 2 rings (SSSR count). The first-order chi connectivity index (χ1) is 4.88. The van der Waals surface area contributed by atoms with Crippen LogP contribution in [0.3, 0.4) is 0 Å². The Balaban J connectivity index is 2.22. The van der Waals surface area contributed by atoms with Crippen LogP contribution in [0.1, 0.15) is 19.3 Å². The largest absolute Gasteiger partial charge is 0.462 e. The Bertz CT molecular complexity index is 193. The van der Waals surface area contributed by atoms with E-state index in [2.05, 4.69) is 0 Å². The Hall–Kier alpha value is -0.790. The first kappa shape index (κ1) is 5.96. The summed E-state index contributed by atoms with van der Waals surface area (Å²) < 4.78 is 4.88. The summed E-state index contributed by atoms with van der Waals surface area (Å²) in [4.78, 5) is 11.0. The molecule has 0 radical (unpaired) electrons. The Morgan fingerprint density at radius 3 is 3.20 bits per heavy atom. The van der Waals surface area contributed by atoms with Crippen molar-refractivity contribution < 1.29 is 9.53 Å². The maximum atomic E-state index is 11.0. The van der Waals surface area contributed by atoms with Crippen LogP contribution in [-0.2, 0) is 9.53 Å². The molecule has 1 fully saturated rings. The minimum Gasteiger partial charge on any atom is -0.462 e. The fraction of sp³-hybridized carbons (Fsp3) is 0.625. The molecule has 1 atom stereocenters. The van der Waals surface area contributed by atoms with E-state index >= 15 is 0 Å². The van der Waals surface area contributed by atoms with E-state index in [0.717, 1.165) is 24.8 Å². The van der Waals surface area contributed by atoms with Gasteiger partial charge in [-0.05, 0) is 25.2 Å². The molecule has 2 heteroatoms. The Kier molecular flexibility index (Phi) is 1.26. The molecule has 1 aliphatic heterocycles. The number of esters is 1. The van der Waals surface area contributed by atoms with Crippen LogP contribution >= 0.6 is 0 Å². The van der Waals surface area contributed by atoms with E-state index in [-0.39, 0.29) is 5.97 Å². The van der Waals surface area contributed by atoms with Crippen LogP contribution in [-0.4, -0.2) is 12.6 Å². The van der Waals surface area contributed by atoms with Gasteiger partial charge in [0.25, 0.3) is 0 Å². The van der Waals surface area contributed by atoms with Gasteiger partial charge in [-0.25, -0.2) is 4.79 Å². The van der Waals surface area contributed by atoms with Crippen molar-refractivity contribution in [2.75, 3.05) is 6.61 Å². The van der Waals surface area contributed by atoms with E-state index in [1.54, 1.807) is 0 Å². The molecule has 10 heavy (non-hydrogen) atoms. The van der Waals surface area contributed by atoms with Crippen molar-refractivity contribution in [1.82, 2.24) is 0 Å². The van der Waals surface area contributed by atoms with Crippen LogP contribution in [0.25, 0.3) is 0 Å². The van der Waals surface area contributed by atoms with Crippen LogP contribution in [0.2, 0.25) is 0 Å². The molecule has 2 nitrogen and oxygen atoms in total. The molecular formula is C8H10O2. The van der Waals surface area contributed by atoms with Gasteiger partial charge >= 0.3 is 5.97 Å². The van der Waals surface area contributed by atoms with Gasteiger partial charge in [0, 0.05) is 5.57 Å². The lowest BCUT2D eigenvalue weighted by molar-refractivity contribution is -0.142.